The molecule has 3 N–H and O–H groups in total. The van der Waals surface area contributed by atoms with E-state index in [2.05, 4.69) is 15.2 Å². The average Bonchev–Trinajstić information content (AvgIpc) is 2.61. The summed E-state index contributed by atoms with van der Waals surface area (Å²) in [7, 11) is 0. The Balaban J connectivity index is 2.48. The van der Waals surface area contributed by atoms with Gasteiger partial charge in [0, 0.05) is 24.5 Å². The summed E-state index contributed by atoms with van der Waals surface area (Å²) in [6.07, 6.45) is 3.51. The molecule has 2 rings (SSSR count). The van der Waals surface area contributed by atoms with Gasteiger partial charge in [0.1, 0.15) is 0 Å². The number of aromatic amines is 1. The van der Waals surface area contributed by atoms with Crippen molar-refractivity contribution < 1.29 is 0 Å². The van der Waals surface area contributed by atoms with Crippen molar-refractivity contribution in [3.05, 3.63) is 35.8 Å². The third kappa shape index (κ3) is 1.40. The Morgan fingerprint density at radius 2 is 2.07 bits per heavy atom. The van der Waals surface area contributed by atoms with E-state index in [9.17, 15) is 0 Å². The molecule has 72 valence electrons. The van der Waals surface area contributed by atoms with Crippen LogP contribution in [0.15, 0.2) is 24.5 Å². The fourth-order valence-corrected chi connectivity index (χ4v) is 1.42. The molecule has 0 fully saturated rings. The summed E-state index contributed by atoms with van der Waals surface area (Å²) in [6, 6.07) is 3.87. The Kier molecular flexibility index (Phi) is 2.28. The molecule has 0 aliphatic heterocycles. The highest BCUT2D eigenvalue weighted by molar-refractivity contribution is 5.62. The van der Waals surface area contributed by atoms with Gasteiger partial charge in [-0.05, 0) is 24.6 Å². The van der Waals surface area contributed by atoms with Crippen LogP contribution in [0.5, 0.6) is 0 Å². The molecule has 0 spiro atoms. The van der Waals surface area contributed by atoms with Gasteiger partial charge in [-0.2, -0.15) is 5.10 Å². The van der Waals surface area contributed by atoms with Crippen LogP contribution in [-0.4, -0.2) is 15.2 Å². The van der Waals surface area contributed by atoms with Gasteiger partial charge in [-0.15, -0.1) is 0 Å². The van der Waals surface area contributed by atoms with E-state index in [1.807, 2.05) is 19.1 Å². The van der Waals surface area contributed by atoms with Crippen LogP contribution in [0.25, 0.3) is 11.3 Å². The van der Waals surface area contributed by atoms with Crippen LogP contribution < -0.4 is 5.73 Å². The lowest BCUT2D eigenvalue weighted by Gasteiger charge is -1.97. The summed E-state index contributed by atoms with van der Waals surface area (Å²) < 4.78 is 0. The number of hydrogen-bond acceptors (Lipinski definition) is 3. The van der Waals surface area contributed by atoms with Crippen LogP contribution in [0.3, 0.4) is 0 Å². The highest BCUT2D eigenvalue weighted by Gasteiger charge is 2.08. The minimum atomic E-state index is 0.490. The van der Waals surface area contributed by atoms with E-state index in [1.54, 1.807) is 12.4 Å². The number of nitrogens with two attached hydrogens (primary N) is 1. The third-order valence-electron chi connectivity index (χ3n) is 2.27. The molecule has 0 saturated heterocycles. The molecule has 0 saturated carbocycles. The molecule has 2 aromatic heterocycles. The second kappa shape index (κ2) is 3.59. The van der Waals surface area contributed by atoms with Crippen molar-refractivity contribution in [3.8, 4) is 11.3 Å². The highest BCUT2D eigenvalue weighted by atomic mass is 15.1. The van der Waals surface area contributed by atoms with Crippen molar-refractivity contribution in [2.75, 3.05) is 0 Å². The van der Waals surface area contributed by atoms with Crippen LogP contribution in [0.4, 0.5) is 0 Å². The SMILES string of the molecule is Cc1c(-c2ccncc2)n[nH]c1CN. The molecule has 0 aliphatic rings. The van der Waals surface area contributed by atoms with Crippen LogP contribution in [0.2, 0.25) is 0 Å². The molecule has 0 radical (unpaired) electrons. The standard InChI is InChI=1S/C10H12N4/c1-7-9(6-11)13-14-10(7)8-2-4-12-5-3-8/h2-5H,6,11H2,1H3,(H,13,14). The molecule has 2 aromatic rings. The molecule has 0 unspecified atom stereocenters. The van der Waals surface area contributed by atoms with Crippen molar-refractivity contribution >= 4 is 0 Å². The van der Waals surface area contributed by atoms with Crippen LogP contribution in [-0.2, 0) is 6.54 Å². The highest BCUT2D eigenvalue weighted by Crippen LogP contribution is 2.21. The number of rotatable bonds is 2. The first-order chi connectivity index (χ1) is 6.83. The normalized spacial score (nSPS) is 10.4. The maximum absolute atomic E-state index is 5.56. The van der Waals surface area contributed by atoms with Crippen LogP contribution in [0, 0.1) is 6.92 Å². The Morgan fingerprint density at radius 3 is 2.64 bits per heavy atom. The summed E-state index contributed by atoms with van der Waals surface area (Å²) in [6.45, 7) is 2.51. The summed E-state index contributed by atoms with van der Waals surface area (Å²) in [5.41, 5.74) is 9.67. The second-order valence-electron chi connectivity index (χ2n) is 3.12. The molecule has 14 heavy (non-hydrogen) atoms. The Labute approximate surface area is 82.2 Å². The lowest BCUT2D eigenvalue weighted by Crippen LogP contribution is -1.98. The van der Waals surface area contributed by atoms with Crippen molar-refractivity contribution in [1.82, 2.24) is 15.2 Å². The molecule has 4 heteroatoms. The maximum atomic E-state index is 5.56. The van der Waals surface area contributed by atoms with Crippen molar-refractivity contribution in [2.45, 2.75) is 13.5 Å². The molecule has 0 atom stereocenters. The van der Waals surface area contributed by atoms with Gasteiger partial charge < -0.3 is 5.73 Å². The predicted octanol–water partition coefficient (Wildman–Crippen LogP) is 1.24. The topological polar surface area (TPSA) is 67.6 Å². The molecule has 0 aliphatic carbocycles. The zero-order valence-corrected chi connectivity index (χ0v) is 7.99. The molecule has 0 aromatic carbocycles. The van der Waals surface area contributed by atoms with E-state index in [0.717, 1.165) is 22.5 Å². The molecular weight excluding hydrogens is 176 g/mol. The molecule has 2 heterocycles. The van der Waals surface area contributed by atoms with Crippen molar-refractivity contribution in [1.29, 1.82) is 0 Å². The first-order valence-electron chi connectivity index (χ1n) is 4.47. The Bertz CT molecular complexity index is 419. The Morgan fingerprint density at radius 1 is 1.36 bits per heavy atom. The predicted molar refractivity (Wildman–Crippen MR) is 54.4 cm³/mol. The van der Waals surface area contributed by atoms with Crippen LogP contribution >= 0.6 is 0 Å². The molecule has 0 amide bonds. The first kappa shape index (κ1) is 8.90. The van der Waals surface area contributed by atoms with E-state index in [0.29, 0.717) is 6.54 Å². The van der Waals surface area contributed by atoms with Gasteiger partial charge >= 0.3 is 0 Å². The maximum Gasteiger partial charge on any atom is 0.0954 e. The summed E-state index contributed by atoms with van der Waals surface area (Å²) >= 11 is 0. The number of nitrogens with one attached hydrogen (secondary N) is 1. The van der Waals surface area contributed by atoms with Gasteiger partial charge in [0.15, 0.2) is 0 Å². The zero-order valence-electron chi connectivity index (χ0n) is 7.99. The zero-order chi connectivity index (χ0) is 9.97. The monoisotopic (exact) mass is 188 g/mol. The number of H-pyrrole nitrogens is 1. The van der Waals surface area contributed by atoms with E-state index in [4.69, 9.17) is 5.73 Å². The minimum Gasteiger partial charge on any atom is -0.325 e. The molecule has 0 bridgehead atoms. The van der Waals surface area contributed by atoms with Gasteiger partial charge in [-0.25, -0.2) is 0 Å². The average molecular weight is 188 g/mol. The van der Waals surface area contributed by atoms with Crippen LogP contribution in [0.1, 0.15) is 11.3 Å². The summed E-state index contributed by atoms with van der Waals surface area (Å²) in [5.74, 6) is 0. The van der Waals surface area contributed by atoms with Gasteiger partial charge in [-0.1, -0.05) is 0 Å². The third-order valence-corrected chi connectivity index (χ3v) is 2.27. The molecular formula is C10H12N4. The van der Waals surface area contributed by atoms with Gasteiger partial charge in [0.25, 0.3) is 0 Å². The summed E-state index contributed by atoms with van der Waals surface area (Å²) in [4.78, 5) is 3.96. The fraction of sp³-hybridized carbons (Fsp3) is 0.200. The first-order valence-corrected chi connectivity index (χ1v) is 4.47. The fourth-order valence-electron chi connectivity index (χ4n) is 1.42. The van der Waals surface area contributed by atoms with E-state index < -0.39 is 0 Å². The number of aromatic nitrogens is 3. The second-order valence-corrected chi connectivity index (χ2v) is 3.12. The lowest BCUT2D eigenvalue weighted by atomic mass is 10.1. The van der Waals surface area contributed by atoms with Gasteiger partial charge in [0.05, 0.1) is 11.4 Å². The quantitative estimate of drug-likeness (QED) is 0.745. The largest absolute Gasteiger partial charge is 0.325 e. The van der Waals surface area contributed by atoms with Gasteiger partial charge in [0.2, 0.25) is 0 Å². The van der Waals surface area contributed by atoms with E-state index in [1.165, 1.54) is 0 Å². The van der Waals surface area contributed by atoms with Gasteiger partial charge in [-0.3, -0.25) is 10.1 Å². The van der Waals surface area contributed by atoms with E-state index in [-0.39, 0.29) is 0 Å². The number of pyridine rings is 1. The smallest absolute Gasteiger partial charge is 0.0954 e. The summed E-state index contributed by atoms with van der Waals surface area (Å²) in [5, 5.41) is 7.15. The number of hydrogen-bond donors (Lipinski definition) is 2. The van der Waals surface area contributed by atoms with Crippen molar-refractivity contribution in [3.63, 3.8) is 0 Å². The molecule has 4 nitrogen and oxygen atoms in total. The van der Waals surface area contributed by atoms with Crippen molar-refractivity contribution in [2.24, 2.45) is 5.73 Å². The Hall–Kier alpha value is -1.68. The lowest BCUT2D eigenvalue weighted by molar-refractivity contribution is 0.941. The minimum absolute atomic E-state index is 0.490. The number of nitrogens with zero attached hydrogens (tertiary/aromatic N) is 2. The van der Waals surface area contributed by atoms with E-state index >= 15 is 0 Å².